The number of unbranched alkanes of at least 4 members (excludes halogenated alkanes) is 2. The molecule has 0 saturated heterocycles. The highest BCUT2D eigenvalue weighted by atomic mass is 127. The van der Waals surface area contributed by atoms with E-state index in [0.29, 0.717) is 6.42 Å². The highest BCUT2D eigenvalue weighted by molar-refractivity contribution is 14.1. The maximum atomic E-state index is 11.7. The van der Waals surface area contributed by atoms with Crippen molar-refractivity contribution in [2.45, 2.75) is 46.0 Å². The number of hydrogen-bond acceptors (Lipinski definition) is 1. The van der Waals surface area contributed by atoms with Gasteiger partial charge in [0.15, 0.2) is 0 Å². The lowest BCUT2D eigenvalue weighted by atomic mass is 10.1. The van der Waals surface area contributed by atoms with E-state index in [1.807, 2.05) is 12.1 Å². The van der Waals surface area contributed by atoms with Crippen LogP contribution in [0.25, 0.3) is 0 Å². The van der Waals surface area contributed by atoms with Crippen LogP contribution in [0.2, 0.25) is 0 Å². The summed E-state index contributed by atoms with van der Waals surface area (Å²) in [5.74, 6) is 0.134. The molecule has 94 valence electrons. The Morgan fingerprint density at radius 1 is 1.29 bits per heavy atom. The van der Waals surface area contributed by atoms with E-state index in [-0.39, 0.29) is 5.91 Å². The van der Waals surface area contributed by atoms with Crippen LogP contribution in [-0.4, -0.2) is 5.91 Å². The Labute approximate surface area is 117 Å². The number of nitrogens with one attached hydrogen (secondary N) is 1. The molecular weight excluding hydrogens is 325 g/mol. The Kier molecular flexibility index (Phi) is 6.55. The number of aryl methyl sites for hydroxylation is 1. The number of rotatable bonds is 6. The quantitative estimate of drug-likeness (QED) is 0.602. The maximum Gasteiger partial charge on any atom is 0.224 e. The van der Waals surface area contributed by atoms with Gasteiger partial charge >= 0.3 is 0 Å². The maximum absolute atomic E-state index is 11.7. The summed E-state index contributed by atoms with van der Waals surface area (Å²) in [5.41, 5.74) is 2.18. The lowest BCUT2D eigenvalue weighted by Gasteiger charge is -2.10. The Hall–Kier alpha value is -0.580. The summed E-state index contributed by atoms with van der Waals surface area (Å²) in [4.78, 5) is 11.7. The van der Waals surface area contributed by atoms with Crippen molar-refractivity contribution < 1.29 is 4.79 Å². The van der Waals surface area contributed by atoms with Gasteiger partial charge in [-0.25, -0.2) is 0 Å². The van der Waals surface area contributed by atoms with E-state index in [1.165, 1.54) is 9.13 Å². The van der Waals surface area contributed by atoms with E-state index in [9.17, 15) is 4.79 Å². The molecule has 0 atom stereocenters. The van der Waals surface area contributed by atoms with Crippen molar-refractivity contribution in [3.63, 3.8) is 0 Å². The van der Waals surface area contributed by atoms with Crippen LogP contribution in [0.1, 0.15) is 45.1 Å². The van der Waals surface area contributed by atoms with Gasteiger partial charge in [-0.3, -0.25) is 4.79 Å². The molecule has 0 aliphatic carbocycles. The second-order valence-corrected chi connectivity index (χ2v) is 5.41. The minimum absolute atomic E-state index is 0.134. The van der Waals surface area contributed by atoms with Crippen LogP contribution in [0.15, 0.2) is 18.2 Å². The van der Waals surface area contributed by atoms with Gasteiger partial charge in [-0.2, -0.15) is 0 Å². The van der Waals surface area contributed by atoms with E-state index in [4.69, 9.17) is 0 Å². The molecule has 0 spiro atoms. The van der Waals surface area contributed by atoms with Gasteiger partial charge in [0, 0.05) is 15.7 Å². The SMILES string of the molecule is CCCCCC(=O)Nc1ccc(I)cc1CC. The van der Waals surface area contributed by atoms with Crippen LogP contribution in [0, 0.1) is 3.57 Å². The summed E-state index contributed by atoms with van der Waals surface area (Å²) in [6.45, 7) is 4.25. The molecule has 1 aromatic rings. The van der Waals surface area contributed by atoms with Crippen molar-refractivity contribution in [2.24, 2.45) is 0 Å². The average molecular weight is 345 g/mol. The highest BCUT2D eigenvalue weighted by Gasteiger charge is 2.06. The van der Waals surface area contributed by atoms with Crippen molar-refractivity contribution in [1.29, 1.82) is 0 Å². The highest BCUT2D eigenvalue weighted by Crippen LogP contribution is 2.19. The zero-order valence-electron chi connectivity index (χ0n) is 10.6. The first kappa shape index (κ1) is 14.5. The molecule has 0 heterocycles. The molecule has 17 heavy (non-hydrogen) atoms. The van der Waals surface area contributed by atoms with Gasteiger partial charge in [-0.1, -0.05) is 26.7 Å². The molecular formula is C14H20INO. The molecule has 0 aliphatic heterocycles. The lowest BCUT2D eigenvalue weighted by Crippen LogP contribution is -2.12. The number of hydrogen-bond donors (Lipinski definition) is 1. The smallest absolute Gasteiger partial charge is 0.224 e. The summed E-state index contributed by atoms with van der Waals surface area (Å²) in [6, 6.07) is 6.15. The van der Waals surface area contributed by atoms with Crippen LogP contribution in [-0.2, 0) is 11.2 Å². The fraction of sp³-hybridized carbons (Fsp3) is 0.500. The molecule has 0 unspecified atom stereocenters. The molecule has 3 heteroatoms. The first-order chi connectivity index (χ1) is 8.17. The second kappa shape index (κ2) is 7.69. The molecule has 0 aliphatic rings. The van der Waals surface area contributed by atoms with E-state index >= 15 is 0 Å². The van der Waals surface area contributed by atoms with Gasteiger partial charge in [0.2, 0.25) is 5.91 Å². The van der Waals surface area contributed by atoms with Crippen LogP contribution in [0.5, 0.6) is 0 Å². The number of anilines is 1. The molecule has 0 aromatic heterocycles. The third kappa shape index (κ3) is 5.06. The van der Waals surface area contributed by atoms with E-state index in [0.717, 1.165) is 31.4 Å². The Morgan fingerprint density at radius 3 is 2.71 bits per heavy atom. The number of carbonyl (C=O) groups excluding carboxylic acids is 1. The number of halogens is 1. The van der Waals surface area contributed by atoms with Gasteiger partial charge < -0.3 is 5.32 Å². The number of amides is 1. The van der Waals surface area contributed by atoms with Crippen molar-refractivity contribution in [1.82, 2.24) is 0 Å². The normalized spacial score (nSPS) is 10.3. The zero-order chi connectivity index (χ0) is 12.7. The van der Waals surface area contributed by atoms with Crippen molar-refractivity contribution in [2.75, 3.05) is 5.32 Å². The summed E-state index contributed by atoms with van der Waals surface area (Å²) in [6.07, 6.45) is 4.83. The lowest BCUT2D eigenvalue weighted by molar-refractivity contribution is -0.116. The standard InChI is InChI=1S/C14H20INO/c1-3-5-6-7-14(17)16-13-9-8-12(15)10-11(13)4-2/h8-10H,3-7H2,1-2H3,(H,16,17). The fourth-order valence-corrected chi connectivity index (χ4v) is 2.28. The Balaban J connectivity index is 2.58. The summed E-state index contributed by atoms with van der Waals surface area (Å²) in [7, 11) is 0. The predicted molar refractivity (Wildman–Crippen MR) is 81.3 cm³/mol. The van der Waals surface area contributed by atoms with Gasteiger partial charge in [0.25, 0.3) is 0 Å². The molecule has 0 radical (unpaired) electrons. The molecule has 0 saturated carbocycles. The summed E-state index contributed by atoms with van der Waals surface area (Å²) < 4.78 is 1.21. The molecule has 1 N–H and O–H groups in total. The third-order valence-electron chi connectivity index (χ3n) is 2.73. The third-order valence-corrected chi connectivity index (χ3v) is 3.40. The Morgan fingerprint density at radius 2 is 2.06 bits per heavy atom. The van der Waals surface area contributed by atoms with Gasteiger partial charge in [-0.15, -0.1) is 0 Å². The van der Waals surface area contributed by atoms with Crippen molar-refractivity contribution >= 4 is 34.2 Å². The van der Waals surface area contributed by atoms with Crippen molar-refractivity contribution in [3.8, 4) is 0 Å². The van der Waals surface area contributed by atoms with Gasteiger partial charge in [-0.05, 0) is 59.2 Å². The topological polar surface area (TPSA) is 29.1 Å². The zero-order valence-corrected chi connectivity index (χ0v) is 12.7. The number of benzene rings is 1. The van der Waals surface area contributed by atoms with Crippen LogP contribution >= 0.6 is 22.6 Å². The van der Waals surface area contributed by atoms with Gasteiger partial charge in [0.1, 0.15) is 0 Å². The molecule has 1 aromatic carbocycles. The van der Waals surface area contributed by atoms with Crippen molar-refractivity contribution in [3.05, 3.63) is 27.3 Å². The second-order valence-electron chi connectivity index (χ2n) is 4.16. The Bertz CT molecular complexity index is 376. The first-order valence-corrected chi connectivity index (χ1v) is 7.33. The molecule has 2 nitrogen and oxygen atoms in total. The molecule has 0 bridgehead atoms. The minimum Gasteiger partial charge on any atom is -0.326 e. The number of carbonyl (C=O) groups is 1. The monoisotopic (exact) mass is 345 g/mol. The van der Waals surface area contributed by atoms with Crippen LogP contribution in [0.4, 0.5) is 5.69 Å². The fourth-order valence-electron chi connectivity index (χ4n) is 1.73. The van der Waals surface area contributed by atoms with E-state index in [1.54, 1.807) is 0 Å². The average Bonchev–Trinajstić information content (AvgIpc) is 2.32. The minimum atomic E-state index is 0.134. The first-order valence-electron chi connectivity index (χ1n) is 6.25. The van der Waals surface area contributed by atoms with E-state index < -0.39 is 0 Å². The van der Waals surface area contributed by atoms with Crippen LogP contribution in [0.3, 0.4) is 0 Å². The van der Waals surface area contributed by atoms with E-state index in [2.05, 4.69) is 47.8 Å². The summed E-state index contributed by atoms with van der Waals surface area (Å²) in [5, 5.41) is 3.01. The molecule has 1 amide bonds. The van der Waals surface area contributed by atoms with Gasteiger partial charge in [0.05, 0.1) is 0 Å². The molecule has 0 fully saturated rings. The largest absolute Gasteiger partial charge is 0.326 e. The predicted octanol–water partition coefficient (Wildman–Crippen LogP) is 4.37. The van der Waals surface area contributed by atoms with Crippen LogP contribution < -0.4 is 5.32 Å². The molecule has 1 rings (SSSR count). The summed E-state index contributed by atoms with van der Waals surface area (Å²) >= 11 is 2.29.